The molecule has 2 aromatic carbocycles. The minimum absolute atomic E-state index is 0.0621. The molecule has 0 spiro atoms. The normalized spacial score (nSPS) is 9.96. The molecule has 6 heteroatoms. The Morgan fingerprint density at radius 2 is 1.96 bits per heavy atom. The van der Waals surface area contributed by atoms with Gasteiger partial charge in [-0.25, -0.2) is 4.39 Å². The zero-order valence-electron chi connectivity index (χ0n) is 13.8. The van der Waals surface area contributed by atoms with Crippen molar-refractivity contribution in [1.29, 1.82) is 5.26 Å². The van der Waals surface area contributed by atoms with Gasteiger partial charge in [0.25, 0.3) is 0 Å². The zero-order chi connectivity index (χ0) is 18.2. The lowest BCUT2D eigenvalue weighted by Crippen LogP contribution is -2.38. The van der Waals surface area contributed by atoms with Crippen molar-refractivity contribution in [1.82, 2.24) is 5.32 Å². The molecule has 0 atom stereocenters. The summed E-state index contributed by atoms with van der Waals surface area (Å²) in [6, 6.07) is 14.7. The predicted octanol–water partition coefficient (Wildman–Crippen LogP) is 2.41. The van der Waals surface area contributed by atoms with Gasteiger partial charge in [-0.2, -0.15) is 5.26 Å². The molecule has 0 aliphatic heterocycles. The molecular weight excluding hydrogens is 321 g/mol. The Balaban J connectivity index is 1.95. The van der Waals surface area contributed by atoms with Crippen LogP contribution >= 0.6 is 0 Å². The molecule has 0 aromatic heterocycles. The Labute approximate surface area is 145 Å². The van der Waals surface area contributed by atoms with Crippen molar-refractivity contribution in [2.24, 2.45) is 0 Å². The molecule has 1 N–H and O–H groups in total. The number of carbonyl (C=O) groups is 2. The Kier molecular flexibility index (Phi) is 6.24. The summed E-state index contributed by atoms with van der Waals surface area (Å²) in [6.45, 7) is 1.87. The molecule has 0 aliphatic rings. The van der Waals surface area contributed by atoms with E-state index in [2.05, 4.69) is 11.4 Å². The number of anilines is 1. The van der Waals surface area contributed by atoms with Crippen LogP contribution in [0.4, 0.5) is 10.1 Å². The number of nitrogens with one attached hydrogen (secondary N) is 1. The van der Waals surface area contributed by atoms with Gasteiger partial charge in [-0.05, 0) is 29.8 Å². The fourth-order valence-corrected chi connectivity index (χ4v) is 2.45. The highest BCUT2D eigenvalue weighted by atomic mass is 19.1. The largest absolute Gasteiger partial charge is 0.354 e. The van der Waals surface area contributed by atoms with E-state index in [1.54, 1.807) is 36.4 Å². The van der Waals surface area contributed by atoms with E-state index in [9.17, 15) is 14.0 Å². The van der Waals surface area contributed by atoms with Crippen molar-refractivity contribution < 1.29 is 14.0 Å². The lowest BCUT2D eigenvalue weighted by atomic mass is 10.1. The molecule has 0 unspecified atom stereocenters. The lowest BCUT2D eigenvalue weighted by Gasteiger charge is -2.22. The molecule has 128 valence electrons. The van der Waals surface area contributed by atoms with E-state index in [4.69, 9.17) is 5.26 Å². The molecule has 0 fully saturated rings. The van der Waals surface area contributed by atoms with Crippen LogP contribution in [0.2, 0.25) is 0 Å². The number of carbonyl (C=O) groups excluding carboxylic acids is 2. The number of para-hydroxylation sites is 1. The summed E-state index contributed by atoms with van der Waals surface area (Å²) in [4.78, 5) is 25.3. The molecular formula is C19H18FN3O2. The second-order valence-corrected chi connectivity index (χ2v) is 5.46. The molecule has 0 radical (unpaired) electrons. The van der Waals surface area contributed by atoms with Crippen molar-refractivity contribution in [3.05, 3.63) is 65.5 Å². The summed E-state index contributed by atoms with van der Waals surface area (Å²) in [6.07, 6.45) is 0.0621. The number of amides is 2. The van der Waals surface area contributed by atoms with Crippen molar-refractivity contribution in [3.63, 3.8) is 0 Å². The molecule has 2 amide bonds. The Morgan fingerprint density at radius 3 is 2.64 bits per heavy atom. The number of benzene rings is 2. The van der Waals surface area contributed by atoms with E-state index in [0.29, 0.717) is 16.8 Å². The molecule has 25 heavy (non-hydrogen) atoms. The molecule has 0 saturated heterocycles. The first-order valence-electron chi connectivity index (χ1n) is 7.79. The average Bonchev–Trinajstić information content (AvgIpc) is 2.58. The topological polar surface area (TPSA) is 73.2 Å². The Hall–Kier alpha value is -3.20. The second-order valence-electron chi connectivity index (χ2n) is 5.46. The van der Waals surface area contributed by atoms with Crippen molar-refractivity contribution in [2.75, 3.05) is 18.0 Å². The third kappa shape index (κ3) is 5.15. The van der Waals surface area contributed by atoms with Crippen molar-refractivity contribution in [3.8, 4) is 6.07 Å². The van der Waals surface area contributed by atoms with Crippen molar-refractivity contribution in [2.45, 2.75) is 13.3 Å². The van der Waals surface area contributed by atoms with Crippen LogP contribution in [-0.2, 0) is 16.0 Å². The van der Waals surface area contributed by atoms with Crippen LogP contribution < -0.4 is 10.2 Å². The summed E-state index contributed by atoms with van der Waals surface area (Å²) in [7, 11) is 0. The third-order valence-corrected chi connectivity index (χ3v) is 3.61. The summed E-state index contributed by atoms with van der Waals surface area (Å²) in [5.41, 5.74) is 1.48. The van der Waals surface area contributed by atoms with E-state index < -0.39 is 0 Å². The maximum absolute atomic E-state index is 13.1. The third-order valence-electron chi connectivity index (χ3n) is 3.61. The second kappa shape index (κ2) is 8.60. The van der Waals surface area contributed by atoms with Gasteiger partial charge in [-0.1, -0.05) is 24.3 Å². The number of hydrogen-bond acceptors (Lipinski definition) is 3. The minimum Gasteiger partial charge on any atom is -0.354 e. The van der Waals surface area contributed by atoms with Crippen LogP contribution in [0.25, 0.3) is 0 Å². The fourth-order valence-electron chi connectivity index (χ4n) is 2.45. The number of nitrogens with zero attached hydrogens (tertiary/aromatic N) is 2. The van der Waals surface area contributed by atoms with Gasteiger partial charge in [0.05, 0.1) is 17.7 Å². The standard InChI is InChI=1S/C19H18FN3O2/c1-14(24)23(18-8-3-2-6-16(18)13-21)10-9-22-19(25)12-15-5-4-7-17(20)11-15/h2-8,11H,9-10,12H2,1H3,(H,22,25). The van der Waals surface area contributed by atoms with Crippen LogP contribution in [0, 0.1) is 17.1 Å². The quantitative estimate of drug-likeness (QED) is 0.878. The van der Waals surface area contributed by atoms with Crippen LogP contribution in [0.3, 0.4) is 0 Å². The summed E-state index contributed by atoms with van der Waals surface area (Å²) in [5.74, 6) is -0.870. The molecule has 0 bridgehead atoms. The van der Waals surface area contributed by atoms with Gasteiger partial charge in [-0.3, -0.25) is 9.59 Å². The SMILES string of the molecule is CC(=O)N(CCNC(=O)Cc1cccc(F)c1)c1ccccc1C#N. The number of hydrogen-bond donors (Lipinski definition) is 1. The summed E-state index contributed by atoms with van der Waals surface area (Å²) < 4.78 is 13.1. The number of nitriles is 1. The molecule has 0 aliphatic carbocycles. The van der Waals surface area contributed by atoms with Gasteiger partial charge in [-0.15, -0.1) is 0 Å². The number of halogens is 1. The zero-order valence-corrected chi connectivity index (χ0v) is 13.8. The van der Waals surface area contributed by atoms with Gasteiger partial charge < -0.3 is 10.2 Å². The fraction of sp³-hybridized carbons (Fsp3) is 0.211. The molecule has 2 aromatic rings. The highest BCUT2D eigenvalue weighted by molar-refractivity contribution is 5.93. The van der Waals surface area contributed by atoms with E-state index in [1.165, 1.54) is 24.0 Å². The van der Waals surface area contributed by atoms with Gasteiger partial charge in [0, 0.05) is 20.0 Å². The first-order valence-corrected chi connectivity index (χ1v) is 7.79. The predicted molar refractivity (Wildman–Crippen MR) is 92.3 cm³/mol. The Bertz CT molecular complexity index is 814. The highest BCUT2D eigenvalue weighted by Gasteiger charge is 2.15. The first kappa shape index (κ1) is 18.1. The van der Waals surface area contributed by atoms with Crippen LogP contribution in [-0.4, -0.2) is 24.9 Å². The molecule has 0 heterocycles. The van der Waals surface area contributed by atoms with Gasteiger partial charge >= 0.3 is 0 Å². The van der Waals surface area contributed by atoms with E-state index >= 15 is 0 Å². The average molecular weight is 339 g/mol. The minimum atomic E-state index is -0.388. The van der Waals surface area contributed by atoms with E-state index in [1.807, 2.05) is 0 Å². The monoisotopic (exact) mass is 339 g/mol. The van der Waals surface area contributed by atoms with Gasteiger partial charge in [0.2, 0.25) is 11.8 Å². The first-order chi connectivity index (χ1) is 12.0. The van der Waals surface area contributed by atoms with Crippen LogP contribution in [0.15, 0.2) is 48.5 Å². The van der Waals surface area contributed by atoms with E-state index in [0.717, 1.165) is 0 Å². The van der Waals surface area contributed by atoms with Gasteiger partial charge in [0.15, 0.2) is 0 Å². The molecule has 5 nitrogen and oxygen atoms in total. The summed E-state index contributed by atoms with van der Waals surface area (Å²) in [5, 5.41) is 11.9. The van der Waals surface area contributed by atoms with Gasteiger partial charge in [0.1, 0.15) is 11.9 Å². The Morgan fingerprint density at radius 1 is 1.20 bits per heavy atom. The van der Waals surface area contributed by atoms with Crippen molar-refractivity contribution >= 4 is 17.5 Å². The maximum Gasteiger partial charge on any atom is 0.224 e. The van der Waals surface area contributed by atoms with Crippen LogP contribution in [0.1, 0.15) is 18.1 Å². The number of rotatable bonds is 6. The smallest absolute Gasteiger partial charge is 0.224 e. The maximum atomic E-state index is 13.1. The van der Waals surface area contributed by atoms with E-state index in [-0.39, 0.29) is 37.1 Å². The lowest BCUT2D eigenvalue weighted by molar-refractivity contribution is -0.121. The molecule has 0 saturated carbocycles. The summed E-state index contributed by atoms with van der Waals surface area (Å²) >= 11 is 0. The highest BCUT2D eigenvalue weighted by Crippen LogP contribution is 2.19. The van der Waals surface area contributed by atoms with Crippen LogP contribution in [0.5, 0.6) is 0 Å². The molecule has 2 rings (SSSR count).